The Morgan fingerprint density at radius 2 is 1.73 bits per heavy atom. The highest BCUT2D eigenvalue weighted by molar-refractivity contribution is 7.98. The number of benzene rings is 3. The molecule has 3 rings (SSSR count). The van der Waals surface area contributed by atoms with Crippen LogP contribution >= 0.6 is 35.0 Å². The molecule has 0 fully saturated rings. The van der Waals surface area contributed by atoms with E-state index in [4.69, 9.17) is 32.7 Å². The van der Waals surface area contributed by atoms with Crippen molar-refractivity contribution in [2.75, 3.05) is 24.8 Å². The Morgan fingerprint density at radius 3 is 2.42 bits per heavy atom. The maximum absolute atomic E-state index is 12.7. The van der Waals surface area contributed by atoms with Crippen LogP contribution in [0.15, 0.2) is 59.5 Å². The van der Waals surface area contributed by atoms with Gasteiger partial charge in [0.1, 0.15) is 24.7 Å². The van der Waals surface area contributed by atoms with Crippen LogP contribution in [0.4, 0.5) is 5.69 Å². The third-order valence-electron chi connectivity index (χ3n) is 4.63. The highest BCUT2D eigenvalue weighted by Gasteiger charge is 2.19. The molecule has 0 saturated heterocycles. The van der Waals surface area contributed by atoms with Crippen molar-refractivity contribution in [3.63, 3.8) is 0 Å². The van der Waals surface area contributed by atoms with Gasteiger partial charge in [-0.2, -0.15) is 0 Å². The van der Waals surface area contributed by atoms with Gasteiger partial charge in [0.25, 0.3) is 5.91 Å². The second-order valence-corrected chi connectivity index (χ2v) is 8.59. The zero-order valence-corrected chi connectivity index (χ0v) is 20.2. The minimum absolute atomic E-state index is 0.0999. The molecule has 0 unspecified atom stereocenters. The Bertz CT molecular complexity index is 1190. The molecule has 0 spiro atoms. The first-order valence-electron chi connectivity index (χ1n) is 9.83. The lowest BCUT2D eigenvalue weighted by Crippen LogP contribution is -2.17. The van der Waals surface area contributed by atoms with E-state index in [1.54, 1.807) is 24.8 Å². The average Bonchev–Trinajstić information content (AvgIpc) is 2.78. The first-order chi connectivity index (χ1) is 15.8. The van der Waals surface area contributed by atoms with Gasteiger partial charge in [-0.1, -0.05) is 35.3 Å². The fourth-order valence-electron chi connectivity index (χ4n) is 3.08. The predicted octanol–water partition coefficient (Wildman–Crippen LogP) is 6.43. The summed E-state index contributed by atoms with van der Waals surface area (Å²) in [7, 11) is 0. The number of carboxylic acids is 1. The standard InChI is InChI=1S/C24H21Cl2NO5S/c1-14-11-16(31-9-10-32-20-5-3-4-6-21(20)33-2)13-18(24(29)30)22(14)27-23(28)17-8-7-15(25)12-19(17)26/h3-8,11-13H,9-10H2,1-2H3,(H,27,28)(H,29,30). The van der Waals surface area contributed by atoms with Crippen LogP contribution in [0, 0.1) is 6.92 Å². The normalized spacial score (nSPS) is 10.5. The molecule has 0 saturated carbocycles. The quantitative estimate of drug-likeness (QED) is 0.257. The largest absolute Gasteiger partial charge is 0.490 e. The van der Waals surface area contributed by atoms with Gasteiger partial charge in [0.15, 0.2) is 0 Å². The molecule has 0 aromatic heterocycles. The van der Waals surface area contributed by atoms with Crippen molar-refractivity contribution in [2.45, 2.75) is 11.8 Å². The fraction of sp³-hybridized carbons (Fsp3) is 0.167. The second-order valence-electron chi connectivity index (χ2n) is 6.89. The van der Waals surface area contributed by atoms with E-state index in [1.807, 2.05) is 30.5 Å². The zero-order valence-electron chi connectivity index (χ0n) is 17.9. The molecule has 33 heavy (non-hydrogen) atoms. The smallest absolute Gasteiger partial charge is 0.337 e. The van der Waals surface area contributed by atoms with E-state index in [2.05, 4.69) is 5.32 Å². The highest BCUT2D eigenvalue weighted by Crippen LogP contribution is 2.30. The molecule has 2 N–H and O–H groups in total. The number of rotatable bonds is 9. The van der Waals surface area contributed by atoms with Gasteiger partial charge < -0.3 is 19.9 Å². The van der Waals surface area contributed by atoms with Gasteiger partial charge in [0, 0.05) is 9.92 Å². The summed E-state index contributed by atoms with van der Waals surface area (Å²) in [5, 5.41) is 12.9. The number of carbonyl (C=O) groups excluding carboxylic acids is 1. The lowest BCUT2D eigenvalue weighted by molar-refractivity contribution is 0.0697. The maximum atomic E-state index is 12.7. The number of para-hydroxylation sites is 1. The molecule has 0 aliphatic heterocycles. The van der Waals surface area contributed by atoms with Gasteiger partial charge in [0.2, 0.25) is 0 Å². The molecule has 0 aliphatic rings. The van der Waals surface area contributed by atoms with Crippen molar-refractivity contribution in [3.05, 3.63) is 81.3 Å². The Balaban J connectivity index is 1.71. The summed E-state index contributed by atoms with van der Waals surface area (Å²) < 4.78 is 11.5. The number of hydrogen-bond donors (Lipinski definition) is 2. The van der Waals surface area contributed by atoms with E-state index < -0.39 is 11.9 Å². The van der Waals surface area contributed by atoms with Crippen molar-refractivity contribution >= 4 is 52.5 Å². The molecule has 1 amide bonds. The second kappa shape index (κ2) is 11.3. The minimum Gasteiger partial charge on any atom is -0.490 e. The van der Waals surface area contributed by atoms with Crippen LogP contribution in [0.2, 0.25) is 10.0 Å². The summed E-state index contributed by atoms with van der Waals surface area (Å²) in [6, 6.07) is 15.1. The number of carbonyl (C=O) groups is 2. The molecular formula is C24H21Cl2NO5S. The van der Waals surface area contributed by atoms with Crippen molar-refractivity contribution in [1.82, 2.24) is 0 Å². The van der Waals surface area contributed by atoms with Gasteiger partial charge in [0.05, 0.1) is 21.8 Å². The van der Waals surface area contributed by atoms with E-state index in [-0.39, 0.29) is 35.1 Å². The number of hydrogen-bond acceptors (Lipinski definition) is 5. The number of anilines is 1. The van der Waals surface area contributed by atoms with Crippen LogP contribution in [-0.4, -0.2) is 36.5 Å². The molecule has 6 nitrogen and oxygen atoms in total. The molecule has 3 aromatic carbocycles. The topological polar surface area (TPSA) is 84.9 Å². The Kier molecular flexibility index (Phi) is 8.49. The first-order valence-corrected chi connectivity index (χ1v) is 11.8. The monoisotopic (exact) mass is 505 g/mol. The summed E-state index contributed by atoms with van der Waals surface area (Å²) in [5.41, 5.74) is 0.768. The van der Waals surface area contributed by atoms with Crippen molar-refractivity contribution < 1.29 is 24.2 Å². The molecule has 9 heteroatoms. The zero-order chi connectivity index (χ0) is 24.0. The highest BCUT2D eigenvalue weighted by atomic mass is 35.5. The average molecular weight is 506 g/mol. The molecule has 172 valence electrons. The lowest BCUT2D eigenvalue weighted by atomic mass is 10.1. The number of thioether (sulfide) groups is 1. The van der Waals surface area contributed by atoms with Crippen molar-refractivity contribution in [1.29, 1.82) is 0 Å². The van der Waals surface area contributed by atoms with Gasteiger partial charge in [-0.25, -0.2) is 4.79 Å². The number of amides is 1. The summed E-state index contributed by atoms with van der Waals surface area (Å²) >= 11 is 13.6. The lowest BCUT2D eigenvalue weighted by Gasteiger charge is -2.15. The minimum atomic E-state index is -1.20. The van der Waals surface area contributed by atoms with E-state index in [1.165, 1.54) is 24.3 Å². The summed E-state index contributed by atoms with van der Waals surface area (Å²) in [5.74, 6) is -0.632. The van der Waals surface area contributed by atoms with E-state index in [0.29, 0.717) is 16.3 Å². The summed E-state index contributed by atoms with van der Waals surface area (Å²) in [6.07, 6.45) is 1.97. The third kappa shape index (κ3) is 6.35. The Hall–Kier alpha value is -2.87. The van der Waals surface area contributed by atoms with Gasteiger partial charge in [-0.05, 0) is 61.2 Å². The van der Waals surface area contributed by atoms with Crippen molar-refractivity contribution in [3.8, 4) is 11.5 Å². The van der Waals surface area contributed by atoms with E-state index >= 15 is 0 Å². The first kappa shape index (κ1) is 24.8. The van der Waals surface area contributed by atoms with Crippen LogP contribution in [-0.2, 0) is 0 Å². The van der Waals surface area contributed by atoms with Crippen LogP contribution in [0.25, 0.3) is 0 Å². The molecule has 0 bridgehead atoms. The van der Waals surface area contributed by atoms with Crippen LogP contribution in [0.1, 0.15) is 26.3 Å². The van der Waals surface area contributed by atoms with Gasteiger partial charge >= 0.3 is 5.97 Å². The van der Waals surface area contributed by atoms with Gasteiger partial charge in [-0.3, -0.25) is 4.79 Å². The summed E-state index contributed by atoms with van der Waals surface area (Å²) in [6.45, 7) is 2.18. The number of nitrogens with one attached hydrogen (secondary N) is 1. The van der Waals surface area contributed by atoms with Crippen LogP contribution < -0.4 is 14.8 Å². The van der Waals surface area contributed by atoms with Crippen LogP contribution in [0.5, 0.6) is 11.5 Å². The Labute approximate surface area is 205 Å². The molecular weight excluding hydrogens is 485 g/mol. The number of aromatic carboxylic acids is 1. The number of ether oxygens (including phenoxy) is 2. The fourth-order valence-corrected chi connectivity index (χ4v) is 4.11. The number of aryl methyl sites for hydroxylation is 1. The Morgan fingerprint density at radius 1 is 1.00 bits per heavy atom. The van der Waals surface area contributed by atoms with Crippen molar-refractivity contribution in [2.24, 2.45) is 0 Å². The van der Waals surface area contributed by atoms with Crippen LogP contribution in [0.3, 0.4) is 0 Å². The number of carboxylic acid groups (broad SMARTS) is 1. The predicted molar refractivity (Wildman–Crippen MR) is 132 cm³/mol. The molecule has 0 atom stereocenters. The summed E-state index contributed by atoms with van der Waals surface area (Å²) in [4.78, 5) is 25.6. The maximum Gasteiger partial charge on any atom is 0.337 e. The van der Waals surface area contributed by atoms with Gasteiger partial charge in [-0.15, -0.1) is 11.8 Å². The molecule has 0 heterocycles. The molecule has 0 aliphatic carbocycles. The molecule has 0 radical (unpaired) electrons. The third-order valence-corrected chi connectivity index (χ3v) is 5.96. The number of halogens is 2. The van der Waals surface area contributed by atoms with E-state index in [9.17, 15) is 14.7 Å². The molecule has 3 aromatic rings. The van der Waals surface area contributed by atoms with E-state index in [0.717, 1.165) is 10.6 Å². The SMILES string of the molecule is CSc1ccccc1OCCOc1cc(C)c(NC(=O)c2ccc(Cl)cc2Cl)c(C(=O)O)c1.